The maximum Gasteiger partial charge on any atom is 0.251 e. The first-order chi connectivity index (χ1) is 9.99. The van der Waals surface area contributed by atoms with E-state index < -0.39 is 0 Å². The molecule has 21 heavy (non-hydrogen) atoms. The van der Waals surface area contributed by atoms with Crippen molar-refractivity contribution in [2.24, 2.45) is 0 Å². The Morgan fingerprint density at radius 3 is 2.67 bits per heavy atom. The van der Waals surface area contributed by atoms with Crippen LogP contribution >= 0.6 is 0 Å². The van der Waals surface area contributed by atoms with Gasteiger partial charge in [-0.05, 0) is 37.6 Å². The number of amides is 2. The van der Waals surface area contributed by atoms with Gasteiger partial charge < -0.3 is 15.3 Å². The van der Waals surface area contributed by atoms with Crippen molar-refractivity contribution in [3.63, 3.8) is 0 Å². The van der Waals surface area contributed by atoms with Crippen LogP contribution in [-0.2, 0) is 4.79 Å². The maximum atomic E-state index is 12.0. The highest BCUT2D eigenvalue weighted by molar-refractivity contribution is 5.96. The molecule has 0 heterocycles. The number of benzene rings is 1. The standard InChI is InChI=1S/C16H20N2O3/c1-4-18(3)15(20)11-17-16(21)14-8-7-13(6-5-9-19)12(2)10-14/h7-8,10,19H,4,9,11H2,1-3H3,(H,17,21). The highest BCUT2D eigenvalue weighted by atomic mass is 16.2. The molecule has 0 saturated carbocycles. The molecule has 0 radical (unpaired) electrons. The summed E-state index contributed by atoms with van der Waals surface area (Å²) in [5.41, 5.74) is 2.09. The second-order valence-corrected chi connectivity index (χ2v) is 4.58. The zero-order valence-electron chi connectivity index (χ0n) is 12.6. The van der Waals surface area contributed by atoms with Crippen LogP contribution in [0.15, 0.2) is 18.2 Å². The number of aryl methyl sites for hydroxylation is 1. The zero-order valence-corrected chi connectivity index (χ0v) is 12.6. The molecule has 112 valence electrons. The number of aliphatic hydroxyl groups is 1. The van der Waals surface area contributed by atoms with Crippen molar-refractivity contribution in [2.75, 3.05) is 26.7 Å². The van der Waals surface area contributed by atoms with Gasteiger partial charge in [0, 0.05) is 24.7 Å². The molecule has 1 aromatic carbocycles. The minimum atomic E-state index is -0.294. The van der Waals surface area contributed by atoms with Crippen LogP contribution in [-0.4, -0.2) is 48.6 Å². The van der Waals surface area contributed by atoms with E-state index in [1.54, 1.807) is 30.1 Å². The summed E-state index contributed by atoms with van der Waals surface area (Å²) in [6.07, 6.45) is 0. The average Bonchev–Trinajstić information content (AvgIpc) is 2.50. The fourth-order valence-electron chi connectivity index (χ4n) is 1.65. The predicted molar refractivity (Wildman–Crippen MR) is 80.8 cm³/mol. The summed E-state index contributed by atoms with van der Waals surface area (Å²) in [4.78, 5) is 25.1. The second kappa shape index (κ2) is 8.08. The predicted octanol–water partition coefficient (Wildman–Crippen LogP) is 0.547. The van der Waals surface area contributed by atoms with Gasteiger partial charge in [0.1, 0.15) is 6.61 Å². The number of aliphatic hydroxyl groups excluding tert-OH is 1. The molecule has 0 spiro atoms. The number of likely N-dealkylation sites (N-methyl/N-ethyl adjacent to an activating group) is 1. The van der Waals surface area contributed by atoms with Gasteiger partial charge in [-0.3, -0.25) is 9.59 Å². The molecule has 1 rings (SSSR count). The van der Waals surface area contributed by atoms with E-state index in [0.29, 0.717) is 12.1 Å². The number of carbonyl (C=O) groups excluding carboxylic acids is 2. The van der Waals surface area contributed by atoms with E-state index in [0.717, 1.165) is 11.1 Å². The summed E-state index contributed by atoms with van der Waals surface area (Å²) in [6.45, 7) is 4.10. The number of hydrogen-bond donors (Lipinski definition) is 2. The molecule has 0 fully saturated rings. The first-order valence-corrected chi connectivity index (χ1v) is 6.72. The van der Waals surface area contributed by atoms with Gasteiger partial charge in [0.2, 0.25) is 5.91 Å². The molecular formula is C16H20N2O3. The van der Waals surface area contributed by atoms with Crippen LogP contribution < -0.4 is 5.32 Å². The van der Waals surface area contributed by atoms with Gasteiger partial charge in [-0.25, -0.2) is 0 Å². The van der Waals surface area contributed by atoms with Crippen molar-refractivity contribution >= 4 is 11.8 Å². The van der Waals surface area contributed by atoms with Gasteiger partial charge in [0.15, 0.2) is 0 Å². The SMILES string of the molecule is CCN(C)C(=O)CNC(=O)c1ccc(C#CCO)c(C)c1. The Kier molecular flexibility index (Phi) is 6.44. The van der Waals surface area contributed by atoms with Gasteiger partial charge in [-0.1, -0.05) is 11.8 Å². The van der Waals surface area contributed by atoms with Crippen molar-refractivity contribution in [3.05, 3.63) is 34.9 Å². The van der Waals surface area contributed by atoms with Crippen LogP contribution in [0, 0.1) is 18.8 Å². The lowest BCUT2D eigenvalue weighted by Crippen LogP contribution is -2.38. The van der Waals surface area contributed by atoms with Crippen LogP contribution in [0.4, 0.5) is 0 Å². The number of nitrogens with zero attached hydrogens (tertiary/aromatic N) is 1. The Labute approximate surface area is 125 Å². The molecule has 2 N–H and O–H groups in total. The van der Waals surface area contributed by atoms with Gasteiger partial charge in [0.05, 0.1) is 6.54 Å². The minimum absolute atomic E-state index is 0.0196. The molecule has 0 atom stereocenters. The molecule has 0 aromatic heterocycles. The van der Waals surface area contributed by atoms with Gasteiger partial charge in [-0.15, -0.1) is 0 Å². The van der Waals surface area contributed by atoms with E-state index >= 15 is 0 Å². The molecule has 0 aliphatic rings. The Hall–Kier alpha value is -2.32. The van der Waals surface area contributed by atoms with E-state index in [2.05, 4.69) is 17.2 Å². The first-order valence-electron chi connectivity index (χ1n) is 6.72. The highest BCUT2D eigenvalue weighted by Gasteiger charge is 2.11. The Morgan fingerprint density at radius 2 is 2.10 bits per heavy atom. The average molecular weight is 288 g/mol. The number of nitrogens with one attached hydrogen (secondary N) is 1. The van der Waals surface area contributed by atoms with Crippen molar-refractivity contribution < 1.29 is 14.7 Å². The lowest BCUT2D eigenvalue weighted by molar-refractivity contribution is -0.128. The molecule has 0 aliphatic heterocycles. The van der Waals surface area contributed by atoms with Crippen LogP contribution in [0.25, 0.3) is 0 Å². The third-order valence-corrected chi connectivity index (χ3v) is 3.09. The van der Waals surface area contributed by atoms with E-state index in [1.807, 2.05) is 13.8 Å². The lowest BCUT2D eigenvalue weighted by Gasteiger charge is -2.14. The number of carbonyl (C=O) groups is 2. The molecule has 1 aromatic rings. The van der Waals surface area contributed by atoms with Gasteiger partial charge >= 0.3 is 0 Å². The zero-order chi connectivity index (χ0) is 15.8. The van der Waals surface area contributed by atoms with E-state index in [9.17, 15) is 9.59 Å². The van der Waals surface area contributed by atoms with Crippen LogP contribution in [0.1, 0.15) is 28.4 Å². The van der Waals surface area contributed by atoms with Gasteiger partial charge in [0.25, 0.3) is 5.91 Å². The quantitative estimate of drug-likeness (QED) is 0.795. The van der Waals surface area contributed by atoms with Crippen LogP contribution in [0.2, 0.25) is 0 Å². The number of hydrogen-bond acceptors (Lipinski definition) is 3. The Bertz CT molecular complexity index is 585. The molecule has 0 bridgehead atoms. The second-order valence-electron chi connectivity index (χ2n) is 4.58. The van der Waals surface area contributed by atoms with Gasteiger partial charge in [-0.2, -0.15) is 0 Å². The third-order valence-electron chi connectivity index (χ3n) is 3.09. The third kappa shape index (κ3) is 4.93. The monoisotopic (exact) mass is 288 g/mol. The lowest BCUT2D eigenvalue weighted by atomic mass is 10.0. The smallest absolute Gasteiger partial charge is 0.251 e. The summed E-state index contributed by atoms with van der Waals surface area (Å²) in [6, 6.07) is 5.09. The maximum absolute atomic E-state index is 12.0. The van der Waals surface area contributed by atoms with E-state index in [4.69, 9.17) is 5.11 Å². The Balaban J connectivity index is 2.71. The molecule has 2 amide bonds. The fraction of sp³-hybridized carbons (Fsp3) is 0.375. The normalized spacial score (nSPS) is 9.52. The minimum Gasteiger partial charge on any atom is -0.384 e. The fourth-order valence-corrected chi connectivity index (χ4v) is 1.65. The van der Waals surface area contributed by atoms with Crippen molar-refractivity contribution in [2.45, 2.75) is 13.8 Å². The largest absolute Gasteiger partial charge is 0.384 e. The molecule has 0 saturated heterocycles. The molecular weight excluding hydrogens is 268 g/mol. The topological polar surface area (TPSA) is 69.6 Å². The van der Waals surface area contributed by atoms with E-state index in [-0.39, 0.29) is 25.0 Å². The van der Waals surface area contributed by atoms with Crippen molar-refractivity contribution in [3.8, 4) is 11.8 Å². The van der Waals surface area contributed by atoms with Crippen molar-refractivity contribution in [1.82, 2.24) is 10.2 Å². The molecule has 5 nitrogen and oxygen atoms in total. The van der Waals surface area contributed by atoms with E-state index in [1.165, 1.54) is 0 Å². The Morgan fingerprint density at radius 1 is 1.38 bits per heavy atom. The number of rotatable bonds is 4. The molecule has 5 heteroatoms. The summed E-state index contributed by atoms with van der Waals surface area (Å²) in [5, 5.41) is 11.3. The summed E-state index contributed by atoms with van der Waals surface area (Å²) in [5.74, 6) is 4.95. The summed E-state index contributed by atoms with van der Waals surface area (Å²) in [7, 11) is 1.69. The van der Waals surface area contributed by atoms with Crippen molar-refractivity contribution in [1.29, 1.82) is 0 Å². The first kappa shape index (κ1) is 16.7. The molecule has 0 unspecified atom stereocenters. The van der Waals surface area contributed by atoms with Crippen LogP contribution in [0.5, 0.6) is 0 Å². The summed E-state index contributed by atoms with van der Waals surface area (Å²) < 4.78 is 0. The highest BCUT2D eigenvalue weighted by Crippen LogP contribution is 2.10. The molecule has 0 aliphatic carbocycles. The van der Waals surface area contributed by atoms with Crippen LogP contribution in [0.3, 0.4) is 0 Å². The summed E-state index contributed by atoms with van der Waals surface area (Å²) >= 11 is 0.